The smallest absolute Gasteiger partial charge is 0.173 e. The van der Waals surface area contributed by atoms with Crippen molar-refractivity contribution in [3.05, 3.63) is 0 Å². The van der Waals surface area contributed by atoms with Gasteiger partial charge in [-0.1, -0.05) is 0 Å². The molecule has 2 fully saturated rings. The van der Waals surface area contributed by atoms with Crippen molar-refractivity contribution < 1.29 is 9.53 Å². The van der Waals surface area contributed by atoms with Gasteiger partial charge in [0.15, 0.2) is 5.78 Å². The molecule has 0 radical (unpaired) electrons. The van der Waals surface area contributed by atoms with Gasteiger partial charge in [0.2, 0.25) is 0 Å². The highest BCUT2D eigenvalue weighted by Gasteiger charge is 2.47. The second kappa shape index (κ2) is 2.61. The van der Waals surface area contributed by atoms with Gasteiger partial charge in [0.1, 0.15) is 10.8 Å². The van der Waals surface area contributed by atoms with E-state index in [-0.39, 0.29) is 18.0 Å². The molecule has 0 saturated carbocycles. The molecule has 0 aromatic rings. The molecular weight excluding hydrogens is 187 g/mol. The maximum absolute atomic E-state index is 11.2. The molecule has 11 heavy (non-hydrogen) atoms. The van der Waals surface area contributed by atoms with Crippen molar-refractivity contribution in [3.63, 3.8) is 0 Å². The molecule has 0 unspecified atom stereocenters. The van der Waals surface area contributed by atoms with Crippen LogP contribution in [0.3, 0.4) is 0 Å². The van der Waals surface area contributed by atoms with Crippen molar-refractivity contribution in [3.8, 4) is 0 Å². The van der Waals surface area contributed by atoms with E-state index >= 15 is 0 Å². The van der Waals surface area contributed by atoms with Gasteiger partial charge in [-0.2, -0.15) is 0 Å². The van der Waals surface area contributed by atoms with Crippen LogP contribution in [0.25, 0.3) is 0 Å². The summed E-state index contributed by atoms with van der Waals surface area (Å²) in [4.78, 5) is 11.2. The Kier molecular flexibility index (Phi) is 1.86. The SMILES string of the molecule is O=C1[C@@H](Cl)[C@H]2CC[C@H](O2)[C@H]1Cl. The molecule has 0 aromatic carbocycles. The largest absolute Gasteiger partial charge is 0.371 e. The first kappa shape index (κ1) is 7.84. The van der Waals surface area contributed by atoms with Gasteiger partial charge in [0.05, 0.1) is 12.2 Å². The van der Waals surface area contributed by atoms with Crippen LogP contribution in [0.4, 0.5) is 0 Å². The van der Waals surface area contributed by atoms with Gasteiger partial charge >= 0.3 is 0 Å². The highest BCUT2D eigenvalue weighted by molar-refractivity contribution is 6.41. The molecule has 2 aliphatic rings. The van der Waals surface area contributed by atoms with Gasteiger partial charge in [0, 0.05) is 0 Å². The van der Waals surface area contributed by atoms with E-state index in [9.17, 15) is 4.79 Å². The van der Waals surface area contributed by atoms with E-state index in [0.29, 0.717) is 0 Å². The topological polar surface area (TPSA) is 26.3 Å². The molecule has 2 aliphatic heterocycles. The lowest BCUT2D eigenvalue weighted by Gasteiger charge is -2.27. The number of alkyl halides is 2. The Labute approximate surface area is 74.8 Å². The molecule has 2 bridgehead atoms. The van der Waals surface area contributed by atoms with E-state index in [4.69, 9.17) is 27.9 Å². The lowest BCUT2D eigenvalue weighted by Crippen LogP contribution is -2.44. The lowest BCUT2D eigenvalue weighted by molar-refractivity contribution is -0.128. The Hall–Kier alpha value is 0.210. The molecule has 0 aliphatic carbocycles. The average molecular weight is 195 g/mol. The third kappa shape index (κ3) is 1.08. The summed E-state index contributed by atoms with van der Waals surface area (Å²) in [5, 5.41) is -1.03. The molecule has 2 saturated heterocycles. The Morgan fingerprint density at radius 1 is 1.18 bits per heavy atom. The van der Waals surface area contributed by atoms with E-state index in [2.05, 4.69) is 0 Å². The minimum Gasteiger partial charge on any atom is -0.371 e. The molecule has 2 rings (SSSR count). The van der Waals surface area contributed by atoms with Crippen molar-refractivity contribution >= 4 is 29.0 Å². The number of rotatable bonds is 0. The Bertz CT molecular complexity index is 177. The van der Waals surface area contributed by atoms with E-state index in [1.54, 1.807) is 0 Å². The fourth-order valence-corrected chi connectivity index (χ4v) is 2.34. The van der Waals surface area contributed by atoms with E-state index in [1.807, 2.05) is 0 Å². The quantitative estimate of drug-likeness (QED) is 0.545. The van der Waals surface area contributed by atoms with Crippen LogP contribution in [-0.2, 0) is 9.53 Å². The van der Waals surface area contributed by atoms with Gasteiger partial charge in [-0.15, -0.1) is 23.2 Å². The molecule has 0 N–H and O–H groups in total. The summed E-state index contributed by atoms with van der Waals surface area (Å²) >= 11 is 11.6. The fraction of sp³-hybridized carbons (Fsp3) is 0.857. The zero-order valence-corrected chi connectivity index (χ0v) is 7.31. The Balaban J connectivity index is 2.23. The maximum Gasteiger partial charge on any atom is 0.173 e. The Morgan fingerprint density at radius 3 is 2.09 bits per heavy atom. The molecule has 0 aromatic heterocycles. The summed E-state index contributed by atoms with van der Waals surface area (Å²) in [5.74, 6) is -0.0629. The molecule has 62 valence electrons. The van der Waals surface area contributed by atoms with E-state index in [1.165, 1.54) is 0 Å². The highest BCUT2D eigenvalue weighted by atomic mass is 35.5. The first-order valence-corrected chi connectivity index (χ1v) is 4.55. The number of carbonyl (C=O) groups excluding carboxylic acids is 1. The second-order valence-electron chi connectivity index (χ2n) is 3.00. The monoisotopic (exact) mass is 194 g/mol. The minimum atomic E-state index is -0.517. The van der Waals surface area contributed by atoms with Crippen LogP contribution in [0.2, 0.25) is 0 Å². The zero-order chi connectivity index (χ0) is 8.01. The first-order valence-electron chi connectivity index (χ1n) is 3.67. The fourth-order valence-electron chi connectivity index (χ4n) is 1.64. The number of halogens is 2. The van der Waals surface area contributed by atoms with Crippen LogP contribution in [0.15, 0.2) is 0 Å². The van der Waals surface area contributed by atoms with Crippen molar-refractivity contribution in [1.82, 2.24) is 0 Å². The predicted molar refractivity (Wildman–Crippen MR) is 42.2 cm³/mol. The van der Waals surface area contributed by atoms with Gasteiger partial charge in [-0.05, 0) is 12.8 Å². The Morgan fingerprint density at radius 2 is 1.64 bits per heavy atom. The van der Waals surface area contributed by atoms with Crippen LogP contribution >= 0.6 is 23.2 Å². The average Bonchev–Trinajstić information content (AvgIpc) is 2.44. The predicted octanol–water partition coefficient (Wildman–Crippen LogP) is 1.33. The van der Waals surface area contributed by atoms with Crippen molar-refractivity contribution in [2.75, 3.05) is 0 Å². The molecule has 4 atom stereocenters. The van der Waals surface area contributed by atoms with Crippen molar-refractivity contribution in [2.24, 2.45) is 0 Å². The lowest BCUT2D eigenvalue weighted by atomic mass is 10.1. The molecule has 2 heterocycles. The van der Waals surface area contributed by atoms with Crippen molar-refractivity contribution in [1.29, 1.82) is 0 Å². The van der Waals surface area contributed by atoms with Crippen LogP contribution in [0, 0.1) is 0 Å². The molecular formula is C7H8Cl2O2. The van der Waals surface area contributed by atoms with Gasteiger partial charge < -0.3 is 4.74 Å². The maximum atomic E-state index is 11.2. The summed E-state index contributed by atoms with van der Waals surface area (Å²) in [7, 11) is 0. The van der Waals surface area contributed by atoms with E-state index < -0.39 is 10.8 Å². The number of Topliss-reactive ketones (excluding diaryl/α,β-unsaturated/α-hetero) is 1. The number of hydrogen-bond donors (Lipinski definition) is 0. The number of hydrogen-bond acceptors (Lipinski definition) is 2. The number of carbonyl (C=O) groups is 1. The van der Waals surface area contributed by atoms with Gasteiger partial charge in [-0.3, -0.25) is 4.79 Å². The molecule has 0 spiro atoms. The summed E-state index contributed by atoms with van der Waals surface area (Å²) in [5.41, 5.74) is 0. The zero-order valence-electron chi connectivity index (χ0n) is 5.80. The van der Waals surface area contributed by atoms with Crippen LogP contribution in [0.5, 0.6) is 0 Å². The first-order chi connectivity index (χ1) is 5.20. The van der Waals surface area contributed by atoms with Crippen LogP contribution < -0.4 is 0 Å². The third-order valence-corrected chi connectivity index (χ3v) is 3.27. The van der Waals surface area contributed by atoms with Gasteiger partial charge in [0.25, 0.3) is 0 Å². The van der Waals surface area contributed by atoms with Crippen LogP contribution in [-0.4, -0.2) is 28.7 Å². The minimum absolute atomic E-state index is 0.0629. The standard InChI is InChI=1S/C7H8Cl2O2/c8-5-3-1-2-4(11-3)6(9)7(5)10/h3-6H,1-2H2/t3-,4+,5+,6-. The van der Waals surface area contributed by atoms with Gasteiger partial charge in [-0.25, -0.2) is 0 Å². The molecule has 4 heteroatoms. The number of ether oxygens (including phenoxy) is 1. The summed E-state index contributed by atoms with van der Waals surface area (Å²) in [6.45, 7) is 0. The molecule has 0 amide bonds. The third-order valence-electron chi connectivity index (χ3n) is 2.28. The number of ketones is 1. The normalized spacial score (nSPS) is 49.8. The summed E-state index contributed by atoms with van der Waals surface area (Å²) in [6, 6.07) is 0. The number of fused-ring (bicyclic) bond motifs is 2. The molecule has 2 nitrogen and oxygen atoms in total. The summed E-state index contributed by atoms with van der Waals surface area (Å²) < 4.78 is 5.41. The van der Waals surface area contributed by atoms with Crippen molar-refractivity contribution in [2.45, 2.75) is 35.8 Å². The van der Waals surface area contributed by atoms with E-state index in [0.717, 1.165) is 12.8 Å². The highest BCUT2D eigenvalue weighted by Crippen LogP contribution is 2.35. The second-order valence-corrected chi connectivity index (χ2v) is 3.94. The van der Waals surface area contributed by atoms with Crippen LogP contribution in [0.1, 0.15) is 12.8 Å². The summed E-state index contributed by atoms with van der Waals surface area (Å²) in [6.07, 6.45) is 1.58.